The first kappa shape index (κ1) is 13.5. The number of halogens is 3. The molecule has 2 rings (SSSR count). The fourth-order valence-corrected chi connectivity index (χ4v) is 2.97. The number of rotatable bonds is 2. The third-order valence-electron chi connectivity index (χ3n) is 2.10. The lowest BCUT2D eigenvalue weighted by atomic mass is 10.2. The van der Waals surface area contributed by atoms with Crippen LogP contribution in [0.4, 0.5) is 5.69 Å². The minimum Gasteiger partial charge on any atom is -0.508 e. The molecule has 0 saturated carbocycles. The fourth-order valence-electron chi connectivity index (χ4n) is 1.29. The Morgan fingerprint density at radius 1 is 1.22 bits per heavy atom. The SMILES string of the molecule is O=C(Nc1ccc(O)cc1Cl)c1cc(Cl)sc1Cl. The highest BCUT2D eigenvalue weighted by atomic mass is 35.5. The maximum absolute atomic E-state index is 11.9. The molecule has 1 aromatic carbocycles. The van der Waals surface area contributed by atoms with Crippen molar-refractivity contribution in [2.24, 2.45) is 0 Å². The second-order valence-corrected chi connectivity index (χ2v) is 6.05. The highest BCUT2D eigenvalue weighted by Gasteiger charge is 2.15. The van der Waals surface area contributed by atoms with Crippen LogP contribution in [-0.4, -0.2) is 11.0 Å². The van der Waals surface area contributed by atoms with E-state index in [2.05, 4.69) is 5.32 Å². The first-order chi connectivity index (χ1) is 8.47. The van der Waals surface area contributed by atoms with Gasteiger partial charge in [0, 0.05) is 6.07 Å². The van der Waals surface area contributed by atoms with Gasteiger partial charge in [-0.25, -0.2) is 0 Å². The lowest BCUT2D eigenvalue weighted by Gasteiger charge is -2.06. The largest absolute Gasteiger partial charge is 0.508 e. The first-order valence-corrected chi connectivity index (χ1v) is 6.67. The van der Waals surface area contributed by atoms with E-state index in [-0.39, 0.29) is 16.3 Å². The summed E-state index contributed by atoms with van der Waals surface area (Å²) in [6, 6.07) is 5.73. The molecule has 18 heavy (non-hydrogen) atoms. The summed E-state index contributed by atoms with van der Waals surface area (Å²) in [5.74, 6) is -0.384. The summed E-state index contributed by atoms with van der Waals surface area (Å²) < 4.78 is 0.745. The molecule has 3 nitrogen and oxygen atoms in total. The highest BCUT2D eigenvalue weighted by molar-refractivity contribution is 7.20. The van der Waals surface area contributed by atoms with E-state index < -0.39 is 5.91 Å². The number of benzene rings is 1. The molecular formula is C11H6Cl3NO2S. The van der Waals surface area contributed by atoms with E-state index in [1.807, 2.05) is 0 Å². The van der Waals surface area contributed by atoms with Gasteiger partial charge in [-0.1, -0.05) is 34.8 Å². The number of phenols is 1. The molecule has 0 atom stereocenters. The molecule has 0 aliphatic heterocycles. The van der Waals surface area contributed by atoms with Gasteiger partial charge in [0.15, 0.2) is 0 Å². The Morgan fingerprint density at radius 2 is 1.94 bits per heavy atom. The molecule has 0 unspecified atom stereocenters. The van der Waals surface area contributed by atoms with Crippen LogP contribution >= 0.6 is 46.1 Å². The molecule has 0 spiro atoms. The molecule has 0 radical (unpaired) electrons. The summed E-state index contributed by atoms with van der Waals surface area (Å²) in [5.41, 5.74) is 0.675. The van der Waals surface area contributed by atoms with E-state index >= 15 is 0 Å². The van der Waals surface area contributed by atoms with E-state index in [1.165, 1.54) is 24.3 Å². The average Bonchev–Trinajstić information content (AvgIpc) is 2.62. The Balaban J connectivity index is 2.24. The zero-order valence-corrected chi connectivity index (χ0v) is 11.8. The number of aromatic hydroxyl groups is 1. The van der Waals surface area contributed by atoms with E-state index in [4.69, 9.17) is 34.8 Å². The summed E-state index contributed by atoms with van der Waals surface area (Å²) in [7, 11) is 0. The van der Waals surface area contributed by atoms with Gasteiger partial charge in [0.05, 0.1) is 20.6 Å². The van der Waals surface area contributed by atoms with Crippen LogP contribution in [0.5, 0.6) is 5.75 Å². The zero-order valence-electron chi connectivity index (χ0n) is 8.71. The van der Waals surface area contributed by atoms with Crippen molar-refractivity contribution in [2.45, 2.75) is 0 Å². The normalized spacial score (nSPS) is 10.4. The number of carbonyl (C=O) groups is 1. The van der Waals surface area contributed by atoms with Crippen molar-refractivity contribution in [1.82, 2.24) is 0 Å². The summed E-state index contributed by atoms with van der Waals surface area (Å²) in [6.07, 6.45) is 0. The highest BCUT2D eigenvalue weighted by Crippen LogP contribution is 2.32. The van der Waals surface area contributed by atoms with Gasteiger partial charge in [-0.3, -0.25) is 4.79 Å². The van der Waals surface area contributed by atoms with Crippen LogP contribution in [0, 0.1) is 0 Å². The second kappa shape index (κ2) is 5.36. The first-order valence-electron chi connectivity index (χ1n) is 4.72. The third kappa shape index (κ3) is 2.90. The van der Waals surface area contributed by atoms with E-state index in [1.54, 1.807) is 0 Å². The molecule has 7 heteroatoms. The van der Waals surface area contributed by atoms with Gasteiger partial charge in [0.25, 0.3) is 5.91 Å². The Labute approximate surface area is 122 Å². The van der Waals surface area contributed by atoms with Crippen LogP contribution in [0.15, 0.2) is 24.3 Å². The Hall–Kier alpha value is -0.940. The predicted octanol–water partition coefficient (Wildman–Crippen LogP) is 4.67. The van der Waals surface area contributed by atoms with Crippen molar-refractivity contribution in [3.05, 3.63) is 43.5 Å². The maximum Gasteiger partial charge on any atom is 0.258 e. The Kier molecular flexibility index (Phi) is 4.02. The van der Waals surface area contributed by atoms with Crippen molar-refractivity contribution in [3.8, 4) is 5.75 Å². The second-order valence-electron chi connectivity index (χ2n) is 3.36. The predicted molar refractivity (Wildman–Crippen MR) is 75.4 cm³/mol. The van der Waals surface area contributed by atoms with Crippen LogP contribution < -0.4 is 5.32 Å². The Morgan fingerprint density at radius 3 is 2.50 bits per heavy atom. The summed E-state index contributed by atoms with van der Waals surface area (Å²) in [5, 5.41) is 12.0. The smallest absolute Gasteiger partial charge is 0.258 e. The van der Waals surface area contributed by atoms with Gasteiger partial charge < -0.3 is 10.4 Å². The minimum absolute atomic E-state index is 0.0228. The van der Waals surface area contributed by atoms with Gasteiger partial charge in [-0.15, -0.1) is 11.3 Å². The lowest BCUT2D eigenvalue weighted by Crippen LogP contribution is -2.11. The van der Waals surface area contributed by atoms with Crippen molar-refractivity contribution in [1.29, 1.82) is 0 Å². The van der Waals surface area contributed by atoms with Crippen LogP contribution in [0.2, 0.25) is 13.7 Å². The molecule has 0 aliphatic rings. The molecule has 0 fully saturated rings. The van der Waals surface area contributed by atoms with Gasteiger partial charge in [0.2, 0.25) is 0 Å². The molecule has 0 bridgehead atoms. The topological polar surface area (TPSA) is 49.3 Å². The van der Waals surface area contributed by atoms with E-state index in [9.17, 15) is 9.90 Å². The molecular weight excluding hydrogens is 317 g/mol. The number of nitrogens with one attached hydrogen (secondary N) is 1. The van der Waals surface area contributed by atoms with Crippen molar-refractivity contribution in [3.63, 3.8) is 0 Å². The molecule has 1 aromatic heterocycles. The minimum atomic E-state index is -0.407. The summed E-state index contributed by atoms with van der Waals surface area (Å²) in [6.45, 7) is 0. The van der Waals surface area contributed by atoms with Crippen LogP contribution in [0.25, 0.3) is 0 Å². The quantitative estimate of drug-likeness (QED) is 0.790. The summed E-state index contributed by atoms with van der Waals surface area (Å²) >= 11 is 18.6. The molecule has 1 amide bonds. The molecule has 2 aromatic rings. The van der Waals surface area contributed by atoms with Gasteiger partial charge >= 0.3 is 0 Å². The van der Waals surface area contributed by atoms with Crippen molar-refractivity contribution >= 4 is 57.7 Å². The number of phenolic OH excluding ortho intramolecular Hbond substituents is 1. The van der Waals surface area contributed by atoms with E-state index in [0.29, 0.717) is 14.4 Å². The van der Waals surface area contributed by atoms with Gasteiger partial charge in [-0.2, -0.15) is 0 Å². The molecule has 2 N–H and O–H groups in total. The van der Waals surface area contributed by atoms with Crippen LogP contribution in [-0.2, 0) is 0 Å². The fraction of sp³-hybridized carbons (Fsp3) is 0. The third-order valence-corrected chi connectivity index (χ3v) is 3.90. The molecule has 1 heterocycles. The van der Waals surface area contributed by atoms with E-state index in [0.717, 1.165) is 11.3 Å². The Bertz CT molecular complexity index is 612. The standard InChI is InChI=1S/C11H6Cl3NO2S/c12-7-3-5(16)1-2-8(7)15-11(17)6-4-9(13)18-10(6)14/h1-4,16H,(H,15,17). The number of anilines is 1. The monoisotopic (exact) mass is 321 g/mol. The number of carbonyl (C=O) groups excluding carboxylic acids is 1. The van der Waals surface area contributed by atoms with Crippen LogP contribution in [0.1, 0.15) is 10.4 Å². The van der Waals surface area contributed by atoms with Crippen LogP contribution in [0.3, 0.4) is 0 Å². The molecule has 0 saturated heterocycles. The van der Waals surface area contributed by atoms with Crippen molar-refractivity contribution < 1.29 is 9.90 Å². The number of hydrogen-bond donors (Lipinski definition) is 2. The summed E-state index contributed by atoms with van der Waals surface area (Å²) in [4.78, 5) is 11.9. The van der Waals surface area contributed by atoms with Crippen molar-refractivity contribution in [2.75, 3.05) is 5.32 Å². The number of hydrogen-bond acceptors (Lipinski definition) is 3. The maximum atomic E-state index is 11.9. The number of amides is 1. The molecule has 94 valence electrons. The average molecular weight is 323 g/mol. The molecule has 0 aliphatic carbocycles. The van der Waals surface area contributed by atoms with Gasteiger partial charge in [0.1, 0.15) is 10.1 Å². The van der Waals surface area contributed by atoms with Gasteiger partial charge in [-0.05, 0) is 18.2 Å². The number of thiophene rings is 1. The lowest BCUT2D eigenvalue weighted by molar-refractivity contribution is 0.102. The zero-order chi connectivity index (χ0) is 13.3.